The van der Waals surface area contributed by atoms with Gasteiger partial charge in [-0.3, -0.25) is 13.8 Å². The Bertz CT molecular complexity index is 1910. The van der Waals surface area contributed by atoms with Gasteiger partial charge in [0.15, 0.2) is 0 Å². The van der Waals surface area contributed by atoms with Gasteiger partial charge in [-0.1, -0.05) is 65.1 Å². The molecule has 7 rings (SSSR count). The second kappa shape index (κ2) is 10.9. The summed E-state index contributed by atoms with van der Waals surface area (Å²) in [5.41, 5.74) is 7.71. The first-order valence-corrected chi connectivity index (χ1v) is 13.1. The van der Waals surface area contributed by atoms with Crippen LogP contribution in [-0.2, 0) is 0 Å². The Morgan fingerprint density at radius 2 is 1.08 bits per heavy atom. The van der Waals surface area contributed by atoms with Gasteiger partial charge in [0.25, 0.3) is 0 Å². The molecule has 6 nitrogen and oxygen atoms in total. The van der Waals surface area contributed by atoms with Gasteiger partial charge in [-0.15, -0.1) is 0 Å². The number of rotatable bonds is 3. The number of nitrogens with zero attached hydrogens (tertiary/aromatic N) is 6. The van der Waals surface area contributed by atoms with E-state index in [0.717, 1.165) is 45.1 Å². The predicted molar refractivity (Wildman–Crippen MR) is 157 cm³/mol. The van der Waals surface area contributed by atoms with E-state index in [2.05, 4.69) is 38.1 Å². The molecule has 39 heavy (non-hydrogen) atoms. The highest BCUT2D eigenvalue weighted by atomic mass is 35.5. The fourth-order valence-electron chi connectivity index (χ4n) is 4.26. The van der Waals surface area contributed by atoms with Gasteiger partial charge < -0.3 is 0 Å². The number of aromatic nitrogens is 6. The van der Waals surface area contributed by atoms with E-state index >= 15 is 0 Å². The minimum absolute atomic E-state index is 0.464. The average molecular weight is 570 g/mol. The Morgan fingerprint density at radius 1 is 0.513 bits per heavy atom. The van der Waals surface area contributed by atoms with Crippen molar-refractivity contribution in [3.63, 3.8) is 0 Å². The maximum Gasteiger partial charge on any atom is 0.138 e. The fourth-order valence-corrected chi connectivity index (χ4v) is 4.74. The Kier molecular flexibility index (Phi) is 6.99. The highest BCUT2D eigenvalue weighted by Crippen LogP contribution is 2.26. The van der Waals surface area contributed by atoms with E-state index in [0.29, 0.717) is 15.2 Å². The van der Waals surface area contributed by atoms with Crippen molar-refractivity contribution < 1.29 is 0 Å². The number of imidazole rings is 2. The summed E-state index contributed by atoms with van der Waals surface area (Å²) in [6.07, 6.45) is 11.0. The molecule has 0 aliphatic carbocycles. The van der Waals surface area contributed by atoms with Crippen molar-refractivity contribution in [1.82, 2.24) is 28.7 Å². The number of halogens is 3. The average Bonchev–Trinajstić information content (AvgIpc) is 3.58. The second-order valence-electron chi connectivity index (χ2n) is 8.60. The smallest absolute Gasteiger partial charge is 0.138 e. The lowest BCUT2D eigenvalue weighted by atomic mass is 10.1. The van der Waals surface area contributed by atoms with E-state index in [4.69, 9.17) is 34.8 Å². The molecule has 0 N–H and O–H groups in total. The summed E-state index contributed by atoms with van der Waals surface area (Å²) in [7, 11) is 0. The molecular formula is C30H19Cl3N6. The molecule has 0 saturated carbocycles. The molecule has 1 aromatic carbocycles. The third-order valence-corrected chi connectivity index (χ3v) is 6.78. The topological polar surface area (TPSA) is 60.4 Å². The number of benzene rings is 1. The maximum absolute atomic E-state index is 6.02. The Balaban J connectivity index is 0.000000147. The number of fused-ring (bicyclic) bond motifs is 2. The van der Waals surface area contributed by atoms with Crippen molar-refractivity contribution >= 4 is 46.1 Å². The van der Waals surface area contributed by atoms with Gasteiger partial charge in [0.1, 0.15) is 16.4 Å². The summed E-state index contributed by atoms with van der Waals surface area (Å²) in [5.74, 6) is 0. The third kappa shape index (κ3) is 5.36. The largest absolute Gasteiger partial charge is 0.300 e. The summed E-state index contributed by atoms with van der Waals surface area (Å²) in [6.45, 7) is 0. The molecule has 0 fully saturated rings. The van der Waals surface area contributed by atoms with Crippen LogP contribution >= 0.6 is 34.8 Å². The highest BCUT2D eigenvalue weighted by molar-refractivity contribution is 6.31. The zero-order chi connectivity index (χ0) is 26.8. The number of hydrogen-bond acceptors (Lipinski definition) is 4. The Hall–Kier alpha value is -4.23. The van der Waals surface area contributed by atoms with Crippen LogP contribution in [0.5, 0.6) is 0 Å². The van der Waals surface area contributed by atoms with Crippen molar-refractivity contribution in [2.24, 2.45) is 0 Å². The van der Waals surface area contributed by atoms with Crippen molar-refractivity contribution in [2.75, 3.05) is 0 Å². The van der Waals surface area contributed by atoms with E-state index in [1.807, 2.05) is 88.2 Å². The zero-order valence-corrected chi connectivity index (χ0v) is 22.6. The molecule has 0 unspecified atom stereocenters. The molecule has 7 aromatic rings. The van der Waals surface area contributed by atoms with Crippen molar-refractivity contribution in [3.05, 3.63) is 131 Å². The normalized spacial score (nSPS) is 10.9. The van der Waals surface area contributed by atoms with Gasteiger partial charge in [0.2, 0.25) is 0 Å². The van der Waals surface area contributed by atoms with Crippen LogP contribution in [0.1, 0.15) is 0 Å². The standard InChI is InChI=1S/C18H12ClN3.C12H7Cl2N3/c19-15-7-9-22-17(12-21-18(22)11-15)14-6-8-20-16(10-14)13-4-2-1-3-5-13;13-9-2-4-17-10(7-16-12(17)6-9)8-1-3-15-11(14)5-8/h1-12H;1-7H. The van der Waals surface area contributed by atoms with Gasteiger partial charge in [-0.2, -0.15) is 0 Å². The van der Waals surface area contributed by atoms with Gasteiger partial charge in [0, 0.05) is 63.7 Å². The van der Waals surface area contributed by atoms with Crippen LogP contribution in [0.4, 0.5) is 0 Å². The summed E-state index contributed by atoms with van der Waals surface area (Å²) < 4.78 is 3.98. The molecule has 9 heteroatoms. The molecular weight excluding hydrogens is 551 g/mol. The second-order valence-corrected chi connectivity index (χ2v) is 9.86. The van der Waals surface area contributed by atoms with E-state index in [1.54, 1.807) is 18.5 Å². The molecule has 6 aromatic heterocycles. The Labute approximate surface area is 239 Å². The van der Waals surface area contributed by atoms with Crippen molar-refractivity contribution in [3.8, 4) is 33.8 Å². The summed E-state index contributed by atoms with van der Waals surface area (Å²) in [5, 5.41) is 1.82. The van der Waals surface area contributed by atoms with E-state index in [1.165, 1.54) is 0 Å². The van der Waals surface area contributed by atoms with Crippen LogP contribution in [0, 0.1) is 0 Å². The summed E-state index contributed by atoms with van der Waals surface area (Å²) >= 11 is 17.8. The molecule has 6 heterocycles. The van der Waals surface area contributed by atoms with Crippen LogP contribution in [0.3, 0.4) is 0 Å². The lowest BCUT2D eigenvalue weighted by molar-refractivity contribution is 1.19. The zero-order valence-electron chi connectivity index (χ0n) is 20.3. The van der Waals surface area contributed by atoms with Gasteiger partial charge in [0.05, 0.1) is 29.5 Å². The summed E-state index contributed by atoms with van der Waals surface area (Å²) in [4.78, 5) is 17.1. The first-order valence-electron chi connectivity index (χ1n) is 11.9. The molecule has 0 amide bonds. The molecule has 190 valence electrons. The molecule has 0 aliphatic heterocycles. The predicted octanol–water partition coefficient (Wildman–Crippen LogP) is 8.42. The highest BCUT2D eigenvalue weighted by Gasteiger charge is 2.09. The van der Waals surface area contributed by atoms with Crippen LogP contribution in [0.2, 0.25) is 15.2 Å². The quantitative estimate of drug-likeness (QED) is 0.200. The van der Waals surface area contributed by atoms with Crippen molar-refractivity contribution in [1.29, 1.82) is 0 Å². The minimum atomic E-state index is 0.464. The van der Waals surface area contributed by atoms with E-state index in [-0.39, 0.29) is 0 Å². The first-order chi connectivity index (χ1) is 19.0. The first kappa shape index (κ1) is 25.1. The number of hydrogen-bond donors (Lipinski definition) is 0. The minimum Gasteiger partial charge on any atom is -0.300 e. The number of pyridine rings is 4. The lowest BCUT2D eigenvalue weighted by Crippen LogP contribution is -1.89. The molecule has 0 atom stereocenters. The van der Waals surface area contributed by atoms with Gasteiger partial charge >= 0.3 is 0 Å². The van der Waals surface area contributed by atoms with E-state index < -0.39 is 0 Å². The van der Waals surface area contributed by atoms with Gasteiger partial charge in [-0.25, -0.2) is 15.0 Å². The summed E-state index contributed by atoms with van der Waals surface area (Å²) in [6, 6.07) is 25.3. The molecule has 0 bridgehead atoms. The molecule has 0 radical (unpaired) electrons. The third-order valence-electron chi connectivity index (χ3n) is 6.10. The lowest BCUT2D eigenvalue weighted by Gasteiger charge is -2.05. The van der Waals surface area contributed by atoms with Crippen LogP contribution in [0.25, 0.3) is 45.1 Å². The molecule has 0 saturated heterocycles. The van der Waals surface area contributed by atoms with Crippen LogP contribution in [0.15, 0.2) is 116 Å². The van der Waals surface area contributed by atoms with Gasteiger partial charge in [-0.05, 0) is 36.4 Å². The van der Waals surface area contributed by atoms with Crippen LogP contribution in [-0.4, -0.2) is 28.7 Å². The van der Waals surface area contributed by atoms with E-state index in [9.17, 15) is 0 Å². The monoisotopic (exact) mass is 568 g/mol. The molecule has 0 aliphatic rings. The maximum atomic E-state index is 6.02. The van der Waals surface area contributed by atoms with Crippen molar-refractivity contribution in [2.45, 2.75) is 0 Å². The van der Waals surface area contributed by atoms with Crippen LogP contribution < -0.4 is 0 Å². The fraction of sp³-hybridized carbons (Fsp3) is 0. The SMILES string of the molecule is Clc1ccn2c(-c3ccnc(-c4ccccc4)c3)cnc2c1.Clc1ccn2c(-c3ccnc(Cl)c3)cnc2c1. The Morgan fingerprint density at radius 3 is 1.67 bits per heavy atom. The molecule has 0 spiro atoms.